The lowest BCUT2D eigenvalue weighted by molar-refractivity contribution is -0.346. The standard InChI is InChI=1S/C71H88N8O20/c1-39(2)53(72)62(86)76-48(27-20-32-74-65(73)89)61(85)75-47-30-28-43(29-31-47)37-93-66(90)78(9)33-34-79(10)67(91)97-56(54(44-21-14-11-15-22-44)77-60(84)45-23-16-12-17-24-45)64(88)96-49-36-71(92)59(98-63(87)46-25-18-13-19-26-46)57-69(8,50(82)35-51-70(57,38-94-51)99-42(5)81)58(83)55(95-41(4)80)52(40(49)3)68(71,6)7/h11-19,21-26,28-31,39,48-51,53-57,59,82,92H,20,27,32-38,72H2,1-10H3,(H,75,85)(H,76,86)(H,77,84)(H3,73,74,89)/t48-,49-,50-,51+,53-,54-,55+,56+,57-,59-,69+,70-,71+/m0/s1. The van der Waals surface area contributed by atoms with E-state index in [4.69, 9.17) is 44.6 Å². The number of primary amides is 1. The van der Waals surface area contributed by atoms with E-state index in [1.807, 2.05) is 0 Å². The number of nitrogens with two attached hydrogens (primary N) is 2. The Labute approximate surface area is 573 Å². The highest BCUT2D eigenvalue weighted by Gasteiger charge is 2.78. The quantitative estimate of drug-likeness (QED) is 0.0189. The van der Waals surface area contributed by atoms with Gasteiger partial charge in [0.05, 0.1) is 35.6 Å². The molecule has 8 rings (SSSR count). The van der Waals surface area contributed by atoms with Crippen molar-refractivity contribution in [2.24, 2.45) is 34.1 Å². The second-order valence-electron chi connectivity index (χ2n) is 26.6. The molecule has 99 heavy (non-hydrogen) atoms. The number of fused-ring (bicyclic) bond motifs is 5. The number of carbonyl (C=O) groups excluding carboxylic acids is 11. The van der Waals surface area contributed by atoms with Crippen molar-refractivity contribution in [3.8, 4) is 0 Å². The Morgan fingerprint density at radius 2 is 1.35 bits per heavy atom. The number of carbonyl (C=O) groups is 11. The minimum Gasteiger partial charge on any atom is -0.455 e. The number of ketones is 1. The second kappa shape index (κ2) is 31.4. The van der Waals surface area contributed by atoms with Gasteiger partial charge in [-0.1, -0.05) is 107 Å². The molecule has 0 spiro atoms. The predicted molar refractivity (Wildman–Crippen MR) is 354 cm³/mol. The maximum atomic E-state index is 15.9. The van der Waals surface area contributed by atoms with E-state index in [2.05, 4.69) is 21.3 Å². The predicted octanol–water partition coefficient (Wildman–Crippen LogP) is 4.94. The summed E-state index contributed by atoms with van der Waals surface area (Å²) in [5.74, 6) is -8.75. The number of hydrogen-bond donors (Lipinski definition) is 8. The lowest BCUT2D eigenvalue weighted by Gasteiger charge is -2.67. The largest absolute Gasteiger partial charge is 0.455 e. The van der Waals surface area contributed by atoms with Gasteiger partial charge in [-0.05, 0) is 91.3 Å². The van der Waals surface area contributed by atoms with E-state index in [9.17, 15) is 53.4 Å². The van der Waals surface area contributed by atoms with Crippen LogP contribution in [-0.4, -0.2) is 186 Å². The van der Waals surface area contributed by atoms with E-state index in [1.165, 1.54) is 71.0 Å². The van der Waals surface area contributed by atoms with E-state index in [0.29, 0.717) is 17.7 Å². The molecular formula is C71H88N8O20. The highest BCUT2D eigenvalue weighted by atomic mass is 16.6. The fourth-order valence-corrected chi connectivity index (χ4v) is 13.5. The first kappa shape index (κ1) is 75.0. The first-order chi connectivity index (χ1) is 46.7. The van der Waals surface area contributed by atoms with Crippen molar-refractivity contribution < 1.29 is 96.1 Å². The normalized spacial score (nSPS) is 24.6. The maximum absolute atomic E-state index is 15.9. The summed E-state index contributed by atoms with van der Waals surface area (Å²) in [6.07, 6.45) is -13.0. The number of ether oxygens (including phenoxy) is 7. The van der Waals surface area contributed by atoms with Gasteiger partial charge in [0.15, 0.2) is 17.5 Å². The SMILES string of the molecule is CC(=O)O[C@H]1C(=O)[C@@]2(C)[C@H]([C@H](OC(=O)c3ccccc3)[C@]3(O)C[C@H](OC(=O)[C@H](OC(=O)N(C)CCN(C)C(=O)OCc4ccc(NC(=O)[C@H](CCCNC(N)=O)NC(=O)[C@@H](N)C(C)C)cc4)[C@@H](NC(=O)c4ccccc4)c4ccccc4)C(C)=C1C3(C)C)[C@]1(OC(C)=O)CO[C@@H]1C[C@@H]2O. The summed E-state index contributed by atoms with van der Waals surface area (Å²) in [7, 11) is 2.73. The van der Waals surface area contributed by atoms with Crippen LogP contribution in [0.25, 0.3) is 0 Å². The molecule has 2 saturated carbocycles. The zero-order valence-corrected chi connectivity index (χ0v) is 57.0. The van der Waals surface area contributed by atoms with Crippen LogP contribution in [0.5, 0.6) is 0 Å². The monoisotopic (exact) mass is 1370 g/mol. The fourth-order valence-electron chi connectivity index (χ4n) is 13.5. The summed E-state index contributed by atoms with van der Waals surface area (Å²) in [5.41, 5.74) is 4.01. The molecule has 3 aliphatic carbocycles. The molecule has 28 nitrogen and oxygen atoms in total. The molecule has 0 radical (unpaired) electrons. The molecule has 3 fully saturated rings. The zero-order valence-electron chi connectivity index (χ0n) is 57.0. The molecule has 0 aromatic heterocycles. The third kappa shape index (κ3) is 16.4. The molecule has 532 valence electrons. The summed E-state index contributed by atoms with van der Waals surface area (Å²) >= 11 is 0. The number of amides is 7. The Morgan fingerprint density at radius 1 is 0.758 bits per heavy atom. The molecule has 1 aliphatic heterocycles. The number of nitrogens with zero attached hydrogens (tertiary/aromatic N) is 2. The number of aliphatic hydroxyl groups is 2. The van der Waals surface area contributed by atoms with Gasteiger partial charge in [0.1, 0.15) is 42.6 Å². The van der Waals surface area contributed by atoms with Crippen molar-refractivity contribution >= 4 is 71.3 Å². The second-order valence-corrected chi connectivity index (χ2v) is 26.6. The van der Waals surface area contributed by atoms with Gasteiger partial charge in [0.25, 0.3) is 5.91 Å². The van der Waals surface area contributed by atoms with Gasteiger partial charge >= 0.3 is 42.1 Å². The van der Waals surface area contributed by atoms with Crippen molar-refractivity contribution in [1.29, 1.82) is 0 Å². The molecule has 1 saturated heterocycles. The lowest BCUT2D eigenvalue weighted by atomic mass is 9.44. The molecule has 13 atom stereocenters. The Kier molecular flexibility index (Phi) is 23.8. The molecule has 4 aromatic rings. The third-order valence-corrected chi connectivity index (χ3v) is 19.3. The van der Waals surface area contributed by atoms with Gasteiger partial charge in [-0.2, -0.15) is 0 Å². The van der Waals surface area contributed by atoms with E-state index in [1.54, 1.807) is 105 Å². The molecule has 0 unspecified atom stereocenters. The summed E-state index contributed by atoms with van der Waals surface area (Å²) in [6.45, 7) is 10.7. The van der Waals surface area contributed by atoms with Crippen LogP contribution < -0.4 is 32.7 Å². The molecule has 1 heterocycles. The molecule has 4 aliphatic rings. The zero-order chi connectivity index (χ0) is 72.5. The van der Waals surface area contributed by atoms with Gasteiger partial charge in [-0.3, -0.25) is 28.8 Å². The number of hydrogen-bond acceptors (Lipinski definition) is 21. The third-order valence-electron chi connectivity index (χ3n) is 19.3. The Balaban J connectivity index is 1.07. The van der Waals surface area contributed by atoms with Crippen LogP contribution >= 0.6 is 0 Å². The summed E-state index contributed by atoms with van der Waals surface area (Å²) < 4.78 is 42.8. The minimum atomic E-state index is -2.55. The number of benzene rings is 4. The first-order valence-corrected chi connectivity index (χ1v) is 32.6. The molecule has 7 amide bonds. The smallest absolute Gasteiger partial charge is 0.410 e. The number of aliphatic hydroxyl groups excluding tert-OH is 1. The van der Waals surface area contributed by atoms with Crippen LogP contribution in [0.2, 0.25) is 0 Å². The van der Waals surface area contributed by atoms with E-state index >= 15 is 9.59 Å². The minimum absolute atomic E-state index is 0.00233. The average molecular weight is 1370 g/mol. The number of urea groups is 1. The number of likely N-dealkylation sites (N-methyl/N-ethyl adjacent to an activating group) is 2. The van der Waals surface area contributed by atoms with Crippen LogP contribution in [-0.2, 0) is 68.5 Å². The van der Waals surface area contributed by atoms with Gasteiger partial charge in [-0.25, -0.2) is 24.0 Å². The van der Waals surface area contributed by atoms with E-state index in [-0.39, 0.29) is 72.8 Å². The fraction of sp³-hybridized carbons (Fsp3) is 0.479. The number of nitrogens with one attached hydrogen (secondary N) is 4. The molecule has 10 N–H and O–H groups in total. The van der Waals surface area contributed by atoms with Crippen molar-refractivity contribution in [1.82, 2.24) is 25.8 Å². The van der Waals surface area contributed by atoms with Crippen LogP contribution in [0, 0.1) is 22.7 Å². The van der Waals surface area contributed by atoms with E-state index < -0.39 is 161 Å². The van der Waals surface area contributed by atoms with Crippen LogP contribution in [0.15, 0.2) is 126 Å². The number of esters is 4. The summed E-state index contributed by atoms with van der Waals surface area (Å²) in [5, 5.41) is 37.2. The molecule has 2 bridgehead atoms. The van der Waals surface area contributed by atoms with Crippen molar-refractivity contribution in [2.45, 2.75) is 154 Å². The number of anilines is 1. The maximum Gasteiger partial charge on any atom is 0.410 e. The first-order valence-electron chi connectivity index (χ1n) is 32.6. The number of rotatable bonds is 25. The van der Waals surface area contributed by atoms with Crippen molar-refractivity contribution in [3.63, 3.8) is 0 Å². The molecule has 28 heteroatoms. The van der Waals surface area contributed by atoms with Crippen molar-refractivity contribution in [3.05, 3.63) is 149 Å². The highest BCUT2D eigenvalue weighted by Crippen LogP contribution is 2.64. The Bertz CT molecular complexity index is 3690. The van der Waals surface area contributed by atoms with Gasteiger partial charge in [-0.15, -0.1) is 0 Å². The summed E-state index contributed by atoms with van der Waals surface area (Å²) in [4.78, 5) is 155. The van der Waals surface area contributed by atoms with Crippen LogP contribution in [0.1, 0.15) is 119 Å². The van der Waals surface area contributed by atoms with Gasteiger partial charge in [0, 0.05) is 77.1 Å². The average Bonchev–Trinajstić information content (AvgIpc) is 0.670. The lowest BCUT2D eigenvalue weighted by Crippen LogP contribution is -2.82. The summed E-state index contributed by atoms with van der Waals surface area (Å²) in [6, 6.07) is 25.8. The molecular weight excluding hydrogens is 1280 g/mol. The Morgan fingerprint density at radius 3 is 1.92 bits per heavy atom. The topological polar surface area (TPSA) is 399 Å². The van der Waals surface area contributed by atoms with Crippen molar-refractivity contribution in [2.75, 3.05) is 45.7 Å². The molecule has 4 aromatic carbocycles. The van der Waals surface area contributed by atoms with Gasteiger partial charge < -0.3 is 85.9 Å². The van der Waals surface area contributed by atoms with Gasteiger partial charge in [0.2, 0.25) is 17.9 Å². The number of Topliss-reactive ketones (excluding diaryl/α,β-unsaturated/α-hetero) is 1. The van der Waals surface area contributed by atoms with Crippen LogP contribution in [0.3, 0.4) is 0 Å². The van der Waals surface area contributed by atoms with E-state index in [0.717, 1.165) is 18.7 Å². The Hall–Kier alpha value is -9.77. The van der Waals surface area contributed by atoms with Crippen LogP contribution in [0.4, 0.5) is 20.1 Å². The highest BCUT2D eigenvalue weighted by molar-refractivity contribution is 5.99.